The number of likely N-dealkylation sites (N-methyl/N-ethyl adjacent to an activating group) is 1. The van der Waals surface area contributed by atoms with Crippen LogP contribution in [0, 0.1) is 5.92 Å². The maximum Gasteiger partial charge on any atom is 0.0228 e. The van der Waals surface area contributed by atoms with Gasteiger partial charge in [-0.1, -0.05) is 0 Å². The first-order valence-corrected chi connectivity index (χ1v) is 4.83. The van der Waals surface area contributed by atoms with Gasteiger partial charge in [-0.3, -0.25) is 10.9 Å². The average molecular weight is 171 g/mol. The van der Waals surface area contributed by atoms with Gasteiger partial charge in [0.15, 0.2) is 0 Å². The molecule has 0 aromatic carbocycles. The Bertz CT molecular complexity index is 121. The molecule has 0 heterocycles. The second-order valence-corrected chi connectivity index (χ2v) is 4.00. The molecule has 0 aromatic rings. The SMILES string of the molecule is CC(NNCCN(C)C)C1CC1. The van der Waals surface area contributed by atoms with E-state index in [1.807, 2.05) is 0 Å². The Hall–Kier alpha value is -0.120. The van der Waals surface area contributed by atoms with Crippen LogP contribution in [0.1, 0.15) is 19.8 Å². The van der Waals surface area contributed by atoms with Crippen LogP contribution in [0.5, 0.6) is 0 Å². The van der Waals surface area contributed by atoms with Crippen LogP contribution < -0.4 is 10.9 Å². The Labute approximate surface area is 75.5 Å². The van der Waals surface area contributed by atoms with E-state index in [-0.39, 0.29) is 0 Å². The summed E-state index contributed by atoms with van der Waals surface area (Å²) in [6, 6.07) is 0.646. The average Bonchev–Trinajstić information content (AvgIpc) is 2.79. The van der Waals surface area contributed by atoms with Crippen molar-refractivity contribution in [3.05, 3.63) is 0 Å². The highest BCUT2D eigenvalue weighted by atomic mass is 15.4. The van der Waals surface area contributed by atoms with E-state index < -0.39 is 0 Å². The summed E-state index contributed by atoms with van der Waals surface area (Å²) in [4.78, 5) is 2.18. The van der Waals surface area contributed by atoms with Crippen LogP contribution in [0.15, 0.2) is 0 Å². The zero-order valence-electron chi connectivity index (χ0n) is 8.43. The van der Waals surface area contributed by atoms with Crippen molar-refractivity contribution in [2.24, 2.45) is 5.92 Å². The molecule has 1 fully saturated rings. The molecular weight excluding hydrogens is 150 g/mol. The van der Waals surface area contributed by atoms with Gasteiger partial charge in [0, 0.05) is 19.1 Å². The zero-order chi connectivity index (χ0) is 8.97. The third-order valence-electron chi connectivity index (χ3n) is 2.34. The molecular formula is C9H21N3. The standard InChI is InChI=1S/C9H21N3/c1-8(9-4-5-9)11-10-6-7-12(2)3/h8-11H,4-7H2,1-3H3. The van der Waals surface area contributed by atoms with Crippen molar-refractivity contribution in [3.8, 4) is 0 Å². The molecule has 0 aromatic heterocycles. The second kappa shape index (κ2) is 4.80. The molecule has 1 aliphatic carbocycles. The minimum atomic E-state index is 0.646. The van der Waals surface area contributed by atoms with Gasteiger partial charge in [0.1, 0.15) is 0 Å². The lowest BCUT2D eigenvalue weighted by molar-refractivity contribution is 0.357. The Kier molecular flexibility index (Phi) is 3.98. The number of hydrogen-bond donors (Lipinski definition) is 2. The van der Waals surface area contributed by atoms with Gasteiger partial charge in [0.05, 0.1) is 0 Å². The molecule has 1 unspecified atom stereocenters. The van der Waals surface area contributed by atoms with Gasteiger partial charge in [-0.25, -0.2) is 0 Å². The first-order chi connectivity index (χ1) is 5.70. The van der Waals surface area contributed by atoms with Crippen LogP contribution in [0.2, 0.25) is 0 Å². The fourth-order valence-corrected chi connectivity index (χ4v) is 1.23. The molecule has 12 heavy (non-hydrogen) atoms. The smallest absolute Gasteiger partial charge is 0.0228 e. The summed E-state index contributed by atoms with van der Waals surface area (Å²) in [5, 5.41) is 0. The van der Waals surface area contributed by atoms with E-state index in [9.17, 15) is 0 Å². The van der Waals surface area contributed by atoms with E-state index in [0.717, 1.165) is 19.0 Å². The molecule has 0 amide bonds. The maximum atomic E-state index is 3.32. The summed E-state index contributed by atoms with van der Waals surface area (Å²) >= 11 is 0. The highest BCUT2D eigenvalue weighted by molar-refractivity contribution is 4.82. The lowest BCUT2D eigenvalue weighted by atomic mass is 10.2. The highest BCUT2D eigenvalue weighted by Crippen LogP contribution is 2.31. The summed E-state index contributed by atoms with van der Waals surface area (Å²) in [5.74, 6) is 0.928. The topological polar surface area (TPSA) is 27.3 Å². The van der Waals surface area contributed by atoms with Crippen molar-refractivity contribution in [2.45, 2.75) is 25.8 Å². The fourth-order valence-electron chi connectivity index (χ4n) is 1.23. The van der Waals surface area contributed by atoms with Gasteiger partial charge in [-0.2, -0.15) is 0 Å². The minimum Gasteiger partial charge on any atom is -0.308 e. The van der Waals surface area contributed by atoms with Crippen molar-refractivity contribution >= 4 is 0 Å². The third-order valence-corrected chi connectivity index (χ3v) is 2.34. The van der Waals surface area contributed by atoms with Gasteiger partial charge >= 0.3 is 0 Å². The van der Waals surface area contributed by atoms with Crippen molar-refractivity contribution in [1.82, 2.24) is 15.8 Å². The number of hydrogen-bond acceptors (Lipinski definition) is 3. The summed E-state index contributed by atoms with van der Waals surface area (Å²) in [5.41, 5.74) is 6.57. The quantitative estimate of drug-likeness (QED) is 0.448. The molecule has 3 nitrogen and oxygen atoms in total. The molecule has 1 saturated carbocycles. The molecule has 0 aliphatic heterocycles. The lowest BCUT2D eigenvalue weighted by Crippen LogP contribution is -2.43. The summed E-state index contributed by atoms with van der Waals surface area (Å²) in [6.07, 6.45) is 2.81. The molecule has 0 radical (unpaired) electrons. The van der Waals surface area contributed by atoms with E-state index in [1.165, 1.54) is 12.8 Å². The van der Waals surface area contributed by atoms with Crippen LogP contribution in [0.25, 0.3) is 0 Å². The second-order valence-electron chi connectivity index (χ2n) is 4.00. The van der Waals surface area contributed by atoms with E-state index >= 15 is 0 Å². The minimum absolute atomic E-state index is 0.646. The molecule has 2 N–H and O–H groups in total. The van der Waals surface area contributed by atoms with E-state index in [0.29, 0.717) is 6.04 Å². The van der Waals surface area contributed by atoms with Crippen LogP contribution >= 0.6 is 0 Å². The number of hydrazine groups is 1. The van der Waals surface area contributed by atoms with Crippen LogP contribution in [0.3, 0.4) is 0 Å². The molecule has 1 rings (SSSR count). The largest absolute Gasteiger partial charge is 0.308 e. The van der Waals surface area contributed by atoms with Crippen molar-refractivity contribution in [2.75, 3.05) is 27.2 Å². The molecule has 1 aliphatic rings. The predicted octanol–water partition coefficient (Wildman–Crippen LogP) is 0.441. The Morgan fingerprint density at radius 1 is 1.42 bits per heavy atom. The summed E-state index contributed by atoms with van der Waals surface area (Å²) in [6.45, 7) is 4.36. The van der Waals surface area contributed by atoms with Gasteiger partial charge < -0.3 is 4.90 Å². The van der Waals surface area contributed by atoms with Crippen LogP contribution in [0.4, 0.5) is 0 Å². The van der Waals surface area contributed by atoms with Crippen LogP contribution in [-0.4, -0.2) is 38.1 Å². The molecule has 0 spiro atoms. The first kappa shape index (κ1) is 9.96. The third kappa shape index (κ3) is 4.04. The zero-order valence-corrected chi connectivity index (χ0v) is 8.43. The normalized spacial score (nSPS) is 20.0. The molecule has 1 atom stereocenters. The Morgan fingerprint density at radius 2 is 2.08 bits per heavy atom. The predicted molar refractivity (Wildman–Crippen MR) is 51.9 cm³/mol. The van der Waals surface area contributed by atoms with Gasteiger partial charge in [-0.15, -0.1) is 0 Å². The van der Waals surface area contributed by atoms with Crippen LogP contribution in [-0.2, 0) is 0 Å². The number of nitrogens with one attached hydrogen (secondary N) is 2. The Balaban J connectivity index is 1.87. The summed E-state index contributed by atoms with van der Waals surface area (Å²) < 4.78 is 0. The fraction of sp³-hybridized carbons (Fsp3) is 1.00. The molecule has 0 saturated heterocycles. The highest BCUT2D eigenvalue weighted by Gasteiger charge is 2.27. The monoisotopic (exact) mass is 171 g/mol. The first-order valence-electron chi connectivity index (χ1n) is 4.83. The molecule has 3 heteroatoms. The lowest BCUT2D eigenvalue weighted by Gasteiger charge is -2.15. The van der Waals surface area contributed by atoms with Crippen molar-refractivity contribution in [3.63, 3.8) is 0 Å². The molecule has 0 bridgehead atoms. The van der Waals surface area contributed by atoms with E-state index in [4.69, 9.17) is 0 Å². The van der Waals surface area contributed by atoms with Crippen molar-refractivity contribution < 1.29 is 0 Å². The van der Waals surface area contributed by atoms with Crippen molar-refractivity contribution in [1.29, 1.82) is 0 Å². The summed E-state index contributed by atoms with van der Waals surface area (Å²) in [7, 11) is 4.18. The maximum absolute atomic E-state index is 3.32. The number of nitrogens with zero attached hydrogens (tertiary/aromatic N) is 1. The Morgan fingerprint density at radius 3 is 2.58 bits per heavy atom. The van der Waals surface area contributed by atoms with Gasteiger partial charge in [0.25, 0.3) is 0 Å². The molecule has 72 valence electrons. The van der Waals surface area contributed by atoms with Gasteiger partial charge in [-0.05, 0) is 39.8 Å². The van der Waals surface area contributed by atoms with E-state index in [2.05, 4.69) is 36.8 Å². The number of rotatable bonds is 6. The van der Waals surface area contributed by atoms with Gasteiger partial charge in [0.2, 0.25) is 0 Å². The van der Waals surface area contributed by atoms with E-state index in [1.54, 1.807) is 0 Å².